The summed E-state index contributed by atoms with van der Waals surface area (Å²) in [6.45, 7) is 3.73. The molecule has 0 spiro atoms. The molecule has 0 unspecified atom stereocenters. The minimum Gasteiger partial charge on any atom is -0.361 e. The van der Waals surface area contributed by atoms with E-state index in [2.05, 4.69) is 27.3 Å². The average molecular weight is 373 g/mol. The van der Waals surface area contributed by atoms with Gasteiger partial charge < -0.3 is 4.52 Å². The first-order valence-electron chi connectivity index (χ1n) is 9.15. The number of halogens is 1. The van der Waals surface area contributed by atoms with Crippen LogP contribution in [0.15, 0.2) is 71.8 Å². The highest BCUT2D eigenvalue weighted by Gasteiger charge is 2.21. The van der Waals surface area contributed by atoms with Gasteiger partial charge in [0.25, 0.3) is 0 Å². The third-order valence-electron chi connectivity index (χ3n) is 4.97. The molecule has 0 amide bonds. The fourth-order valence-electron chi connectivity index (χ4n) is 3.64. The number of pyridine rings is 2. The molecule has 4 nitrogen and oxygen atoms in total. The van der Waals surface area contributed by atoms with Gasteiger partial charge >= 0.3 is 0 Å². The van der Waals surface area contributed by atoms with E-state index in [0.29, 0.717) is 12.2 Å². The molecule has 0 radical (unpaired) electrons. The third kappa shape index (κ3) is 3.56. The second-order valence-electron chi connectivity index (χ2n) is 6.83. The van der Waals surface area contributed by atoms with Gasteiger partial charge in [-0.2, -0.15) is 0 Å². The number of rotatable bonds is 5. The Morgan fingerprint density at radius 1 is 0.964 bits per heavy atom. The van der Waals surface area contributed by atoms with Crippen LogP contribution in [-0.2, 0) is 6.42 Å². The van der Waals surface area contributed by atoms with E-state index in [4.69, 9.17) is 4.52 Å². The zero-order valence-electron chi connectivity index (χ0n) is 15.8. The lowest BCUT2D eigenvalue weighted by atomic mass is 9.84. The quantitative estimate of drug-likeness (QED) is 0.479. The summed E-state index contributed by atoms with van der Waals surface area (Å²) in [5.41, 5.74) is 5.62. The van der Waals surface area contributed by atoms with E-state index in [1.165, 1.54) is 6.07 Å². The zero-order valence-corrected chi connectivity index (χ0v) is 15.8. The van der Waals surface area contributed by atoms with E-state index in [-0.39, 0.29) is 11.7 Å². The Balaban J connectivity index is 1.82. The maximum atomic E-state index is 14.1. The van der Waals surface area contributed by atoms with Gasteiger partial charge in [0, 0.05) is 36.3 Å². The van der Waals surface area contributed by atoms with Crippen LogP contribution in [0, 0.1) is 19.7 Å². The predicted molar refractivity (Wildman–Crippen MR) is 105 cm³/mol. The smallest absolute Gasteiger partial charge is 0.141 e. The van der Waals surface area contributed by atoms with Gasteiger partial charge in [-0.3, -0.25) is 9.97 Å². The maximum absolute atomic E-state index is 14.1. The van der Waals surface area contributed by atoms with Crippen LogP contribution in [0.25, 0.3) is 11.1 Å². The Bertz CT molecular complexity index is 1020. The van der Waals surface area contributed by atoms with Crippen LogP contribution >= 0.6 is 0 Å². The number of hydrogen-bond donors (Lipinski definition) is 0. The van der Waals surface area contributed by atoms with Crippen LogP contribution in [0.3, 0.4) is 0 Å². The van der Waals surface area contributed by atoms with Crippen LogP contribution in [-0.4, -0.2) is 15.1 Å². The predicted octanol–water partition coefficient (Wildman–Crippen LogP) is 5.26. The topological polar surface area (TPSA) is 51.8 Å². The summed E-state index contributed by atoms with van der Waals surface area (Å²) < 4.78 is 19.4. The van der Waals surface area contributed by atoms with Gasteiger partial charge in [-0.1, -0.05) is 23.4 Å². The highest BCUT2D eigenvalue weighted by molar-refractivity contribution is 5.71. The third-order valence-corrected chi connectivity index (χ3v) is 4.97. The number of hydrogen-bond acceptors (Lipinski definition) is 4. The van der Waals surface area contributed by atoms with Crippen LogP contribution in [0.1, 0.15) is 34.1 Å². The summed E-state index contributed by atoms with van der Waals surface area (Å²) in [6.07, 6.45) is 7.94. The molecule has 0 N–H and O–H groups in total. The molecule has 3 aromatic heterocycles. The molecular weight excluding hydrogens is 353 g/mol. The van der Waals surface area contributed by atoms with Gasteiger partial charge in [-0.05, 0) is 66.8 Å². The van der Waals surface area contributed by atoms with Crippen LogP contribution < -0.4 is 0 Å². The minimum absolute atomic E-state index is 0.0482. The van der Waals surface area contributed by atoms with Crippen molar-refractivity contribution in [1.29, 1.82) is 0 Å². The highest BCUT2D eigenvalue weighted by Crippen LogP contribution is 2.35. The molecule has 5 heteroatoms. The Morgan fingerprint density at radius 2 is 1.64 bits per heavy atom. The van der Waals surface area contributed by atoms with Crippen molar-refractivity contribution >= 4 is 0 Å². The molecule has 0 aliphatic carbocycles. The Morgan fingerprint density at radius 3 is 2.18 bits per heavy atom. The lowest BCUT2D eigenvalue weighted by molar-refractivity contribution is 0.393. The fourth-order valence-corrected chi connectivity index (χ4v) is 3.64. The van der Waals surface area contributed by atoms with E-state index < -0.39 is 0 Å². The van der Waals surface area contributed by atoms with E-state index >= 15 is 0 Å². The van der Waals surface area contributed by atoms with Gasteiger partial charge in [0.2, 0.25) is 0 Å². The van der Waals surface area contributed by atoms with Gasteiger partial charge in [-0.15, -0.1) is 0 Å². The van der Waals surface area contributed by atoms with Crippen LogP contribution in [0.5, 0.6) is 0 Å². The normalized spacial score (nSPS) is 11.1. The summed E-state index contributed by atoms with van der Waals surface area (Å²) in [5, 5.41) is 4.04. The number of benzene rings is 1. The summed E-state index contributed by atoms with van der Waals surface area (Å²) in [4.78, 5) is 8.56. The standard InChI is InChI=1S/C23H20FN3O/c1-15-23(16(2)28-27-15)22-12-20(24)8-7-17(22)11-21(18-5-3-9-25-13-18)19-6-4-10-26-14-19/h3-10,12-14,21H,11H2,1-2H3. The Hall–Kier alpha value is -3.34. The van der Waals surface area contributed by atoms with Crippen molar-refractivity contribution in [3.63, 3.8) is 0 Å². The van der Waals surface area contributed by atoms with Crippen molar-refractivity contribution in [3.8, 4) is 11.1 Å². The number of aromatic nitrogens is 3. The van der Waals surface area contributed by atoms with Gasteiger partial charge in [0.05, 0.1) is 5.69 Å². The molecule has 0 atom stereocenters. The lowest BCUT2D eigenvalue weighted by Crippen LogP contribution is -2.07. The second-order valence-corrected chi connectivity index (χ2v) is 6.83. The SMILES string of the molecule is Cc1noc(C)c1-c1cc(F)ccc1CC(c1cccnc1)c1cccnc1. The molecule has 0 bridgehead atoms. The molecule has 140 valence electrons. The monoisotopic (exact) mass is 373 g/mol. The number of aryl methyl sites for hydroxylation is 2. The number of nitrogens with zero attached hydrogens (tertiary/aromatic N) is 3. The molecule has 3 heterocycles. The van der Waals surface area contributed by atoms with E-state index in [9.17, 15) is 4.39 Å². The van der Waals surface area contributed by atoms with Crippen molar-refractivity contribution in [2.75, 3.05) is 0 Å². The average Bonchev–Trinajstić information content (AvgIpc) is 3.06. The first kappa shape index (κ1) is 18.0. The maximum Gasteiger partial charge on any atom is 0.141 e. The molecule has 4 aromatic rings. The van der Waals surface area contributed by atoms with Crippen LogP contribution in [0.4, 0.5) is 4.39 Å². The minimum atomic E-state index is -0.280. The summed E-state index contributed by atoms with van der Waals surface area (Å²) in [5.74, 6) is 0.453. The van der Waals surface area contributed by atoms with Crippen molar-refractivity contribution in [3.05, 3.63) is 101 Å². The molecule has 1 aromatic carbocycles. The molecule has 0 aliphatic heterocycles. The first-order chi connectivity index (χ1) is 13.6. The largest absolute Gasteiger partial charge is 0.361 e. The highest BCUT2D eigenvalue weighted by atomic mass is 19.1. The molecule has 0 saturated carbocycles. The van der Waals surface area contributed by atoms with Crippen molar-refractivity contribution < 1.29 is 8.91 Å². The Kier molecular flexibility index (Phi) is 4.98. The summed E-state index contributed by atoms with van der Waals surface area (Å²) in [6, 6.07) is 12.9. The molecular formula is C23H20FN3O. The van der Waals surface area contributed by atoms with Gasteiger partial charge in [-0.25, -0.2) is 4.39 Å². The van der Waals surface area contributed by atoms with E-state index in [1.54, 1.807) is 18.5 Å². The summed E-state index contributed by atoms with van der Waals surface area (Å²) in [7, 11) is 0. The van der Waals surface area contributed by atoms with Gasteiger partial charge in [0.1, 0.15) is 11.6 Å². The van der Waals surface area contributed by atoms with Crippen molar-refractivity contribution in [2.24, 2.45) is 0 Å². The molecule has 0 aliphatic rings. The second kappa shape index (κ2) is 7.72. The van der Waals surface area contributed by atoms with Crippen molar-refractivity contribution in [2.45, 2.75) is 26.2 Å². The van der Waals surface area contributed by atoms with E-state index in [0.717, 1.165) is 33.5 Å². The zero-order chi connectivity index (χ0) is 19.5. The molecule has 28 heavy (non-hydrogen) atoms. The fraction of sp³-hybridized carbons (Fsp3) is 0.174. The van der Waals surface area contributed by atoms with E-state index in [1.807, 2.05) is 44.4 Å². The molecule has 0 fully saturated rings. The molecule has 4 rings (SSSR count). The van der Waals surface area contributed by atoms with Gasteiger partial charge in [0.15, 0.2) is 0 Å². The van der Waals surface area contributed by atoms with Crippen LogP contribution in [0.2, 0.25) is 0 Å². The summed E-state index contributed by atoms with van der Waals surface area (Å²) >= 11 is 0. The van der Waals surface area contributed by atoms with Crippen molar-refractivity contribution in [1.82, 2.24) is 15.1 Å². The lowest BCUT2D eigenvalue weighted by Gasteiger charge is -2.19. The first-order valence-corrected chi connectivity index (χ1v) is 9.15. The molecule has 0 saturated heterocycles. The Labute approximate surface area is 163 Å².